The number of hydrogen-bond acceptors (Lipinski definition) is 3. The number of carbonyl (C=O) groups excluding carboxylic acids is 2. The second-order valence-corrected chi connectivity index (χ2v) is 10.8. The summed E-state index contributed by atoms with van der Waals surface area (Å²) >= 11 is 0. The van der Waals surface area contributed by atoms with Gasteiger partial charge in [-0.2, -0.15) is 0 Å². The Bertz CT molecular complexity index is 757. The number of ether oxygens (including phenoxy) is 1. The third-order valence-electron chi connectivity index (χ3n) is 9.58. The molecule has 4 aliphatic rings. The van der Waals surface area contributed by atoms with Gasteiger partial charge in [0.1, 0.15) is 11.9 Å². The van der Waals surface area contributed by atoms with E-state index < -0.39 is 5.60 Å². The van der Waals surface area contributed by atoms with Crippen LogP contribution >= 0.6 is 0 Å². The lowest BCUT2D eigenvalue weighted by atomic mass is 9.47. The summed E-state index contributed by atoms with van der Waals surface area (Å²) in [5.74, 6) is 1.82. The van der Waals surface area contributed by atoms with Crippen LogP contribution in [0, 0.1) is 28.6 Å². The monoisotopic (exact) mass is 413 g/mol. The largest absolute Gasteiger partial charge is 0.442 e. The van der Waals surface area contributed by atoms with Gasteiger partial charge in [0.05, 0.1) is 0 Å². The minimum absolute atomic E-state index is 0.0770. The Morgan fingerprint density at radius 2 is 2.03 bits per heavy atom. The van der Waals surface area contributed by atoms with Crippen LogP contribution in [0.15, 0.2) is 23.8 Å². The molecule has 1 amide bonds. The Kier molecular flexibility index (Phi) is 5.65. The number of carbonyl (C=O) groups is 2. The van der Waals surface area contributed by atoms with Crippen LogP contribution < -0.4 is 5.32 Å². The maximum absolute atomic E-state index is 12.7. The molecule has 30 heavy (non-hydrogen) atoms. The van der Waals surface area contributed by atoms with Gasteiger partial charge in [-0.1, -0.05) is 44.6 Å². The van der Waals surface area contributed by atoms with Gasteiger partial charge in [0.25, 0.3) is 0 Å². The van der Waals surface area contributed by atoms with Gasteiger partial charge in [-0.05, 0) is 76.0 Å². The number of fused-ring (bicyclic) bond motifs is 5. The van der Waals surface area contributed by atoms with E-state index in [1.165, 1.54) is 12.8 Å². The summed E-state index contributed by atoms with van der Waals surface area (Å²) in [5.41, 5.74) is 1.03. The zero-order chi connectivity index (χ0) is 21.6. The molecule has 0 saturated heterocycles. The van der Waals surface area contributed by atoms with E-state index in [1.807, 2.05) is 13.8 Å². The van der Waals surface area contributed by atoms with Crippen LogP contribution in [0.25, 0.3) is 0 Å². The predicted octanol–water partition coefficient (Wildman–Crippen LogP) is 5.97. The lowest BCUT2D eigenvalue weighted by Gasteiger charge is -2.58. The van der Waals surface area contributed by atoms with Crippen molar-refractivity contribution in [3.63, 3.8) is 0 Å². The number of hydrogen-bond donors (Lipinski definition) is 1. The summed E-state index contributed by atoms with van der Waals surface area (Å²) < 4.78 is 6.19. The fourth-order valence-corrected chi connectivity index (χ4v) is 7.62. The molecule has 0 radical (unpaired) electrons. The zero-order valence-electron chi connectivity index (χ0n) is 19.2. The fourth-order valence-electron chi connectivity index (χ4n) is 7.62. The molecule has 0 spiro atoms. The Labute approximate surface area is 181 Å². The molecule has 0 heterocycles. The van der Waals surface area contributed by atoms with Gasteiger partial charge < -0.3 is 14.8 Å². The van der Waals surface area contributed by atoms with Gasteiger partial charge in [-0.25, -0.2) is 4.79 Å². The van der Waals surface area contributed by atoms with E-state index in [9.17, 15) is 9.59 Å². The van der Waals surface area contributed by atoms with Crippen molar-refractivity contribution in [1.82, 2.24) is 5.32 Å². The molecule has 4 heteroatoms. The maximum atomic E-state index is 12.7. The first kappa shape index (κ1) is 21.6. The van der Waals surface area contributed by atoms with Crippen molar-refractivity contribution in [3.8, 4) is 0 Å². The second-order valence-electron chi connectivity index (χ2n) is 10.8. The van der Waals surface area contributed by atoms with Crippen molar-refractivity contribution in [2.45, 2.75) is 97.1 Å². The standard InChI is InChI=1S/C26H39NO3/c1-5-18(2)27-23(29)30-26(16-17-28)15-12-22-20-10-9-19-8-6-7-13-24(19,3)21(20)11-14-25(22,26)4/h7-8,13,17-18,20-22H,5-6,9-12,14-16H2,1-4H3,(H,27,29)/t18?,20-,21+,22+,24+,25+,26+/m1/s1. The first-order valence-electron chi connectivity index (χ1n) is 12.1. The average Bonchev–Trinajstić information content (AvgIpc) is 2.99. The van der Waals surface area contributed by atoms with Crippen molar-refractivity contribution in [3.05, 3.63) is 23.8 Å². The molecule has 166 valence electrons. The molecule has 0 aromatic heterocycles. The van der Waals surface area contributed by atoms with Crippen molar-refractivity contribution in [2.75, 3.05) is 0 Å². The number of amides is 1. The van der Waals surface area contributed by atoms with Crippen molar-refractivity contribution < 1.29 is 14.3 Å². The van der Waals surface area contributed by atoms with Crippen LogP contribution in [0.4, 0.5) is 4.79 Å². The predicted molar refractivity (Wildman–Crippen MR) is 119 cm³/mol. The minimum atomic E-state index is -0.665. The normalized spacial score (nSPS) is 42.9. The zero-order valence-corrected chi connectivity index (χ0v) is 19.2. The van der Waals surface area contributed by atoms with E-state index >= 15 is 0 Å². The van der Waals surface area contributed by atoms with E-state index in [-0.39, 0.29) is 23.0 Å². The van der Waals surface area contributed by atoms with E-state index in [0.717, 1.165) is 44.8 Å². The van der Waals surface area contributed by atoms with Gasteiger partial charge in [-0.15, -0.1) is 0 Å². The fraction of sp³-hybridized carbons (Fsp3) is 0.769. The van der Waals surface area contributed by atoms with Gasteiger partial charge in [0.2, 0.25) is 0 Å². The maximum Gasteiger partial charge on any atom is 0.407 e. The Balaban J connectivity index is 1.61. The number of alkyl carbamates (subject to hydrolysis) is 1. The van der Waals surface area contributed by atoms with Crippen LogP contribution in [0.3, 0.4) is 0 Å². The van der Waals surface area contributed by atoms with Crippen molar-refractivity contribution in [2.24, 2.45) is 28.6 Å². The highest BCUT2D eigenvalue weighted by Crippen LogP contribution is 2.68. The molecule has 3 saturated carbocycles. The third-order valence-corrected chi connectivity index (χ3v) is 9.58. The van der Waals surface area contributed by atoms with Gasteiger partial charge >= 0.3 is 6.09 Å². The molecule has 4 nitrogen and oxygen atoms in total. The number of rotatable bonds is 5. The van der Waals surface area contributed by atoms with Crippen LogP contribution in [0.5, 0.6) is 0 Å². The molecule has 1 N–H and O–H groups in total. The van der Waals surface area contributed by atoms with Crippen LogP contribution in [0.1, 0.15) is 85.5 Å². The Morgan fingerprint density at radius 1 is 1.27 bits per heavy atom. The molecule has 1 unspecified atom stereocenters. The molecule has 3 fully saturated rings. The Morgan fingerprint density at radius 3 is 2.77 bits per heavy atom. The van der Waals surface area contributed by atoms with Crippen molar-refractivity contribution >= 4 is 12.4 Å². The van der Waals surface area contributed by atoms with Gasteiger partial charge in [-0.3, -0.25) is 0 Å². The first-order valence-corrected chi connectivity index (χ1v) is 12.1. The smallest absolute Gasteiger partial charge is 0.407 e. The average molecular weight is 414 g/mol. The highest BCUT2D eigenvalue weighted by atomic mass is 16.6. The van der Waals surface area contributed by atoms with Crippen LogP contribution in [-0.4, -0.2) is 24.0 Å². The topological polar surface area (TPSA) is 55.4 Å². The molecule has 4 aliphatic carbocycles. The molecule has 7 atom stereocenters. The summed E-state index contributed by atoms with van der Waals surface area (Å²) in [4.78, 5) is 24.5. The third kappa shape index (κ3) is 3.17. The number of allylic oxidation sites excluding steroid dienone is 4. The number of aldehydes is 1. The highest BCUT2D eigenvalue weighted by molar-refractivity contribution is 5.69. The summed E-state index contributed by atoms with van der Waals surface area (Å²) in [5, 5.41) is 2.96. The van der Waals surface area contributed by atoms with E-state index in [0.29, 0.717) is 24.2 Å². The minimum Gasteiger partial charge on any atom is -0.442 e. The van der Waals surface area contributed by atoms with Crippen LogP contribution in [-0.2, 0) is 9.53 Å². The summed E-state index contributed by atoms with van der Waals surface area (Å²) in [6, 6.07) is 0.0770. The highest BCUT2D eigenvalue weighted by Gasteiger charge is 2.65. The summed E-state index contributed by atoms with van der Waals surface area (Å²) in [6.07, 6.45) is 16.6. The van der Waals surface area contributed by atoms with Crippen LogP contribution in [0.2, 0.25) is 0 Å². The lowest BCUT2D eigenvalue weighted by Crippen LogP contribution is -2.56. The molecule has 0 aromatic rings. The molecule has 0 aromatic carbocycles. The molecular weight excluding hydrogens is 374 g/mol. The van der Waals surface area contributed by atoms with E-state index in [2.05, 4.69) is 37.4 Å². The van der Waals surface area contributed by atoms with E-state index in [4.69, 9.17) is 4.74 Å². The number of nitrogens with one attached hydrogen (secondary N) is 1. The first-order chi connectivity index (χ1) is 14.3. The van der Waals surface area contributed by atoms with E-state index in [1.54, 1.807) is 5.57 Å². The quantitative estimate of drug-likeness (QED) is 0.446. The van der Waals surface area contributed by atoms with Gasteiger partial charge in [0.15, 0.2) is 0 Å². The Hall–Kier alpha value is -1.58. The summed E-state index contributed by atoms with van der Waals surface area (Å²) in [6.45, 7) is 8.79. The molecule has 0 bridgehead atoms. The molecular formula is C26H39NO3. The van der Waals surface area contributed by atoms with Gasteiger partial charge in [0, 0.05) is 23.3 Å². The SMILES string of the molecule is CCC(C)NC(=O)O[C@]1(CC=O)CC[C@H]2[C@@H]3CCC4=CCC=C[C@]4(C)[C@H]3CC[C@@]21C. The van der Waals surface area contributed by atoms with Crippen molar-refractivity contribution in [1.29, 1.82) is 0 Å². The molecule has 0 aliphatic heterocycles. The second kappa shape index (κ2) is 7.84. The summed E-state index contributed by atoms with van der Waals surface area (Å²) in [7, 11) is 0. The molecule has 4 rings (SSSR count). The lowest BCUT2D eigenvalue weighted by molar-refractivity contribution is -0.137.